The van der Waals surface area contributed by atoms with Crippen molar-refractivity contribution in [3.8, 4) is 17.1 Å². The molecule has 0 unspecified atom stereocenters. The maximum absolute atomic E-state index is 13.3. The SMILES string of the molecule is COc1ccc(-c2nc3c4ccccc4nc(N)n3n2)cc1C(F)(F)F. The Balaban J connectivity index is 1.95. The van der Waals surface area contributed by atoms with Crippen molar-refractivity contribution in [2.24, 2.45) is 0 Å². The topological polar surface area (TPSA) is 78.3 Å². The van der Waals surface area contributed by atoms with Crippen molar-refractivity contribution in [3.63, 3.8) is 0 Å². The average molecular weight is 359 g/mol. The van der Waals surface area contributed by atoms with Crippen LogP contribution in [0.1, 0.15) is 5.56 Å². The van der Waals surface area contributed by atoms with Crippen LogP contribution in [0.2, 0.25) is 0 Å². The lowest BCUT2D eigenvalue weighted by Crippen LogP contribution is -2.07. The smallest absolute Gasteiger partial charge is 0.419 e. The van der Waals surface area contributed by atoms with Crippen molar-refractivity contribution in [1.29, 1.82) is 0 Å². The van der Waals surface area contributed by atoms with E-state index < -0.39 is 11.7 Å². The van der Waals surface area contributed by atoms with Gasteiger partial charge >= 0.3 is 6.18 Å². The van der Waals surface area contributed by atoms with Crippen LogP contribution in [-0.2, 0) is 6.18 Å². The lowest BCUT2D eigenvalue weighted by molar-refractivity contribution is -0.138. The zero-order valence-corrected chi connectivity index (χ0v) is 13.4. The largest absolute Gasteiger partial charge is 0.496 e. The first-order chi connectivity index (χ1) is 12.4. The first-order valence-electron chi connectivity index (χ1n) is 7.55. The van der Waals surface area contributed by atoms with Gasteiger partial charge in [0.15, 0.2) is 11.5 Å². The molecule has 0 fully saturated rings. The van der Waals surface area contributed by atoms with E-state index in [0.717, 1.165) is 6.07 Å². The van der Waals surface area contributed by atoms with E-state index in [2.05, 4.69) is 15.1 Å². The quantitative estimate of drug-likeness (QED) is 0.592. The van der Waals surface area contributed by atoms with E-state index in [4.69, 9.17) is 10.5 Å². The van der Waals surface area contributed by atoms with E-state index in [9.17, 15) is 13.2 Å². The molecule has 0 spiro atoms. The van der Waals surface area contributed by atoms with E-state index in [0.29, 0.717) is 16.6 Å². The third-order valence-corrected chi connectivity index (χ3v) is 3.97. The number of aromatic nitrogens is 4. The fourth-order valence-corrected chi connectivity index (χ4v) is 2.77. The summed E-state index contributed by atoms with van der Waals surface area (Å²) in [6, 6.07) is 10.9. The molecule has 2 aromatic heterocycles. The molecule has 2 heterocycles. The first-order valence-corrected chi connectivity index (χ1v) is 7.55. The number of nitrogens with two attached hydrogens (primary N) is 1. The minimum Gasteiger partial charge on any atom is -0.496 e. The van der Waals surface area contributed by atoms with Gasteiger partial charge in [-0.05, 0) is 30.3 Å². The van der Waals surface area contributed by atoms with Crippen LogP contribution in [0.5, 0.6) is 5.75 Å². The second-order valence-electron chi connectivity index (χ2n) is 5.57. The highest BCUT2D eigenvalue weighted by atomic mass is 19.4. The van der Waals surface area contributed by atoms with Gasteiger partial charge in [-0.2, -0.15) is 17.7 Å². The lowest BCUT2D eigenvalue weighted by Gasteiger charge is -2.12. The van der Waals surface area contributed by atoms with E-state index in [1.807, 2.05) is 12.1 Å². The molecule has 0 atom stereocenters. The molecular formula is C17H12F3N5O. The maximum Gasteiger partial charge on any atom is 0.419 e. The molecular weight excluding hydrogens is 347 g/mol. The summed E-state index contributed by atoms with van der Waals surface area (Å²) in [5.41, 5.74) is 6.26. The number of alkyl halides is 3. The van der Waals surface area contributed by atoms with Crippen LogP contribution >= 0.6 is 0 Å². The standard InChI is InChI=1S/C17H12F3N5O/c1-26-13-7-6-9(8-11(13)17(18,19)20)14-23-15-10-4-2-3-5-12(10)22-16(21)25(15)24-14/h2-8H,1H3,(H2,21,22). The Labute approximate surface area is 145 Å². The minimum atomic E-state index is -4.56. The van der Waals surface area contributed by atoms with E-state index in [1.54, 1.807) is 12.1 Å². The molecule has 0 bridgehead atoms. The fraction of sp³-hybridized carbons (Fsp3) is 0.118. The summed E-state index contributed by atoms with van der Waals surface area (Å²) in [6.45, 7) is 0. The van der Waals surface area contributed by atoms with Crippen LogP contribution in [0.4, 0.5) is 19.1 Å². The number of nitrogen functional groups attached to an aromatic ring is 1. The molecule has 6 nitrogen and oxygen atoms in total. The normalized spacial score (nSPS) is 12.0. The molecule has 0 saturated carbocycles. The second-order valence-corrected chi connectivity index (χ2v) is 5.57. The van der Waals surface area contributed by atoms with Crippen molar-refractivity contribution in [2.75, 3.05) is 12.8 Å². The van der Waals surface area contributed by atoms with Crippen molar-refractivity contribution >= 4 is 22.5 Å². The number of hydrogen-bond acceptors (Lipinski definition) is 5. The highest BCUT2D eigenvalue weighted by molar-refractivity contribution is 5.92. The van der Waals surface area contributed by atoms with Gasteiger partial charge in [0.2, 0.25) is 5.95 Å². The Morgan fingerprint density at radius 2 is 1.85 bits per heavy atom. The zero-order chi connectivity index (χ0) is 18.5. The minimum absolute atomic E-state index is 0.0991. The molecule has 26 heavy (non-hydrogen) atoms. The predicted molar refractivity (Wildman–Crippen MR) is 89.7 cm³/mol. The van der Waals surface area contributed by atoms with Crippen LogP contribution in [0.3, 0.4) is 0 Å². The number of fused-ring (bicyclic) bond motifs is 3. The molecule has 0 aliphatic heterocycles. The molecule has 0 amide bonds. The van der Waals surface area contributed by atoms with E-state index >= 15 is 0 Å². The van der Waals surface area contributed by atoms with Crippen LogP contribution in [-0.4, -0.2) is 26.7 Å². The maximum atomic E-state index is 13.3. The molecule has 0 radical (unpaired) electrons. The molecule has 132 valence electrons. The van der Waals surface area contributed by atoms with Gasteiger partial charge in [0.25, 0.3) is 0 Å². The molecule has 4 aromatic rings. The molecule has 2 N–H and O–H groups in total. The van der Waals surface area contributed by atoms with E-state index in [1.165, 1.54) is 23.8 Å². The Kier molecular flexibility index (Phi) is 3.46. The number of nitrogens with zero attached hydrogens (tertiary/aromatic N) is 4. The number of hydrogen-bond donors (Lipinski definition) is 1. The van der Waals surface area contributed by atoms with Gasteiger partial charge < -0.3 is 10.5 Å². The van der Waals surface area contributed by atoms with Crippen molar-refractivity contribution in [1.82, 2.24) is 19.6 Å². The highest BCUT2D eigenvalue weighted by Gasteiger charge is 2.35. The van der Waals surface area contributed by atoms with Crippen LogP contribution in [0, 0.1) is 0 Å². The summed E-state index contributed by atoms with van der Waals surface area (Å²) >= 11 is 0. The number of para-hydroxylation sites is 1. The summed E-state index contributed by atoms with van der Waals surface area (Å²) in [4.78, 5) is 8.61. The molecule has 0 aliphatic rings. The summed E-state index contributed by atoms with van der Waals surface area (Å²) in [5, 5.41) is 4.92. The molecule has 0 aliphatic carbocycles. The average Bonchev–Trinajstić information content (AvgIpc) is 3.07. The lowest BCUT2D eigenvalue weighted by atomic mass is 10.1. The number of rotatable bonds is 2. The monoisotopic (exact) mass is 359 g/mol. The van der Waals surface area contributed by atoms with Crippen molar-refractivity contribution in [3.05, 3.63) is 48.0 Å². The van der Waals surface area contributed by atoms with Crippen LogP contribution in [0.15, 0.2) is 42.5 Å². The molecule has 4 rings (SSSR count). The zero-order valence-electron chi connectivity index (χ0n) is 13.4. The number of anilines is 1. The van der Waals surface area contributed by atoms with Gasteiger partial charge in [-0.15, -0.1) is 5.10 Å². The summed E-state index contributed by atoms with van der Waals surface area (Å²) in [5.74, 6) is -0.0540. The van der Waals surface area contributed by atoms with Crippen molar-refractivity contribution in [2.45, 2.75) is 6.18 Å². The number of halogens is 3. The van der Waals surface area contributed by atoms with Crippen LogP contribution in [0.25, 0.3) is 27.9 Å². The number of methoxy groups -OCH3 is 1. The Bertz CT molecular complexity index is 1140. The Hall–Kier alpha value is -3.36. The Morgan fingerprint density at radius 3 is 2.58 bits per heavy atom. The third-order valence-electron chi connectivity index (χ3n) is 3.97. The molecule has 0 saturated heterocycles. The summed E-state index contributed by atoms with van der Waals surface area (Å²) in [6.07, 6.45) is -4.56. The fourth-order valence-electron chi connectivity index (χ4n) is 2.77. The predicted octanol–water partition coefficient (Wildman–Crippen LogP) is 3.55. The number of ether oxygens (including phenoxy) is 1. The first kappa shape index (κ1) is 16.1. The highest BCUT2D eigenvalue weighted by Crippen LogP contribution is 2.38. The Morgan fingerprint density at radius 1 is 1.08 bits per heavy atom. The van der Waals surface area contributed by atoms with Gasteiger partial charge in [0.05, 0.1) is 18.2 Å². The summed E-state index contributed by atoms with van der Waals surface area (Å²) in [7, 11) is 1.19. The van der Waals surface area contributed by atoms with Crippen LogP contribution < -0.4 is 10.5 Å². The third kappa shape index (κ3) is 2.48. The second kappa shape index (κ2) is 5.58. The van der Waals surface area contributed by atoms with Gasteiger partial charge in [0.1, 0.15) is 5.75 Å². The van der Waals surface area contributed by atoms with E-state index in [-0.39, 0.29) is 23.1 Å². The number of benzene rings is 2. The van der Waals surface area contributed by atoms with Gasteiger partial charge in [-0.25, -0.2) is 9.97 Å². The van der Waals surface area contributed by atoms with Gasteiger partial charge in [0, 0.05) is 10.9 Å². The molecule has 2 aromatic carbocycles. The van der Waals surface area contributed by atoms with Gasteiger partial charge in [-0.3, -0.25) is 0 Å². The van der Waals surface area contributed by atoms with Crippen molar-refractivity contribution < 1.29 is 17.9 Å². The summed E-state index contributed by atoms with van der Waals surface area (Å²) < 4.78 is 45.9. The van der Waals surface area contributed by atoms with Gasteiger partial charge in [-0.1, -0.05) is 12.1 Å². The molecule has 9 heteroatoms.